The number of rotatable bonds is 4. The lowest BCUT2D eigenvalue weighted by atomic mass is 9.96. The third-order valence-corrected chi connectivity index (χ3v) is 2.55. The molecule has 0 saturated heterocycles. The molecule has 1 aromatic rings. The summed E-state index contributed by atoms with van der Waals surface area (Å²) in [6, 6.07) is 3.01. The minimum Gasteiger partial charge on any atom is -0.394 e. The van der Waals surface area contributed by atoms with Gasteiger partial charge in [-0.15, -0.1) is 0 Å². The lowest BCUT2D eigenvalue weighted by molar-refractivity contribution is -0.386. The van der Waals surface area contributed by atoms with Gasteiger partial charge in [-0.1, -0.05) is 6.07 Å². The Hall–Kier alpha value is -1.50. The molecule has 1 rings (SSSR count). The first-order chi connectivity index (χ1) is 7.88. The van der Waals surface area contributed by atoms with Crippen molar-refractivity contribution < 1.29 is 20.2 Å². The number of nitro benzene ring substituents is 1. The molecule has 0 saturated carbocycles. The van der Waals surface area contributed by atoms with Crippen molar-refractivity contribution in [2.45, 2.75) is 26.1 Å². The fourth-order valence-corrected chi connectivity index (χ4v) is 1.78. The third-order valence-electron chi connectivity index (χ3n) is 2.55. The number of nitrogens with zero attached hydrogens (tertiary/aromatic N) is 1. The van der Waals surface area contributed by atoms with Crippen LogP contribution in [0.25, 0.3) is 0 Å². The molecule has 0 fully saturated rings. The van der Waals surface area contributed by atoms with E-state index in [9.17, 15) is 20.3 Å². The third kappa shape index (κ3) is 2.79. The highest BCUT2D eigenvalue weighted by Crippen LogP contribution is 2.31. The van der Waals surface area contributed by atoms with Gasteiger partial charge in [0.2, 0.25) is 0 Å². The molecule has 94 valence electrons. The van der Waals surface area contributed by atoms with Crippen LogP contribution in [0.5, 0.6) is 0 Å². The minimum absolute atomic E-state index is 0.0437. The highest BCUT2D eigenvalue weighted by molar-refractivity contribution is 5.49. The van der Waals surface area contributed by atoms with E-state index in [4.69, 9.17) is 5.11 Å². The number of hydrogen-bond acceptors (Lipinski definition) is 5. The van der Waals surface area contributed by atoms with Gasteiger partial charge in [-0.25, -0.2) is 0 Å². The topological polar surface area (TPSA) is 104 Å². The summed E-state index contributed by atoms with van der Waals surface area (Å²) in [6.45, 7) is 2.66. The molecule has 0 aliphatic carbocycles. The first kappa shape index (κ1) is 13.6. The molecular formula is C11H15NO5. The Balaban J connectivity index is 3.35. The Morgan fingerprint density at radius 1 is 1.35 bits per heavy atom. The summed E-state index contributed by atoms with van der Waals surface area (Å²) in [5.41, 5.74) is 1.00. The maximum atomic E-state index is 10.9. The maximum absolute atomic E-state index is 10.9. The summed E-state index contributed by atoms with van der Waals surface area (Å²) in [5, 5.41) is 38.8. The zero-order valence-electron chi connectivity index (χ0n) is 9.62. The van der Waals surface area contributed by atoms with Crippen LogP contribution in [0, 0.1) is 24.0 Å². The van der Waals surface area contributed by atoms with E-state index < -0.39 is 23.7 Å². The average Bonchev–Trinajstić information content (AvgIpc) is 2.26. The molecule has 2 unspecified atom stereocenters. The molecule has 0 spiro atoms. The Bertz CT molecular complexity index is 432. The fraction of sp³-hybridized carbons (Fsp3) is 0.455. The second kappa shape index (κ2) is 5.22. The summed E-state index contributed by atoms with van der Waals surface area (Å²) in [4.78, 5) is 10.3. The van der Waals surface area contributed by atoms with E-state index in [0.717, 1.165) is 0 Å². The van der Waals surface area contributed by atoms with Gasteiger partial charge in [0.1, 0.15) is 12.2 Å². The van der Waals surface area contributed by atoms with E-state index in [1.165, 1.54) is 6.07 Å². The molecule has 0 aromatic heterocycles. The first-order valence-electron chi connectivity index (χ1n) is 5.11. The zero-order chi connectivity index (χ0) is 13.2. The van der Waals surface area contributed by atoms with Crippen LogP contribution in [0.4, 0.5) is 5.69 Å². The fourth-order valence-electron chi connectivity index (χ4n) is 1.78. The summed E-state index contributed by atoms with van der Waals surface area (Å²) in [6.07, 6.45) is -2.91. The summed E-state index contributed by atoms with van der Waals surface area (Å²) in [5.74, 6) is 0. The molecule has 0 aliphatic rings. The van der Waals surface area contributed by atoms with Gasteiger partial charge in [0.05, 0.1) is 17.1 Å². The van der Waals surface area contributed by atoms with Gasteiger partial charge in [-0.3, -0.25) is 10.1 Å². The van der Waals surface area contributed by atoms with Crippen LogP contribution in [-0.2, 0) is 0 Å². The maximum Gasteiger partial charge on any atom is 0.275 e. The van der Waals surface area contributed by atoms with Gasteiger partial charge in [-0.05, 0) is 25.0 Å². The lowest BCUT2D eigenvalue weighted by Crippen LogP contribution is -2.23. The van der Waals surface area contributed by atoms with Crippen molar-refractivity contribution in [2.75, 3.05) is 6.61 Å². The molecule has 0 bridgehead atoms. The van der Waals surface area contributed by atoms with E-state index in [1.54, 1.807) is 19.9 Å². The van der Waals surface area contributed by atoms with Crippen molar-refractivity contribution in [1.82, 2.24) is 0 Å². The molecule has 6 heteroatoms. The van der Waals surface area contributed by atoms with Crippen molar-refractivity contribution >= 4 is 5.69 Å². The Labute approximate surface area is 98.3 Å². The molecule has 6 nitrogen and oxygen atoms in total. The van der Waals surface area contributed by atoms with Gasteiger partial charge in [-0.2, -0.15) is 0 Å². The molecule has 0 aliphatic heterocycles. The van der Waals surface area contributed by atoms with Gasteiger partial charge >= 0.3 is 0 Å². The lowest BCUT2D eigenvalue weighted by Gasteiger charge is -2.18. The number of hydrogen-bond donors (Lipinski definition) is 3. The normalized spacial score (nSPS) is 14.4. The first-order valence-corrected chi connectivity index (χ1v) is 5.11. The minimum atomic E-state index is -1.47. The number of aryl methyl sites for hydroxylation is 2. The molecule has 0 amide bonds. The van der Waals surface area contributed by atoms with E-state index >= 15 is 0 Å². The summed E-state index contributed by atoms with van der Waals surface area (Å²) < 4.78 is 0. The van der Waals surface area contributed by atoms with Crippen LogP contribution in [-0.4, -0.2) is 33.0 Å². The van der Waals surface area contributed by atoms with Crippen LogP contribution < -0.4 is 0 Å². The van der Waals surface area contributed by atoms with Crippen LogP contribution in [0.1, 0.15) is 22.8 Å². The van der Waals surface area contributed by atoms with Crippen molar-refractivity contribution in [3.05, 3.63) is 38.9 Å². The second-order valence-electron chi connectivity index (χ2n) is 3.97. The highest BCUT2D eigenvalue weighted by Gasteiger charge is 2.28. The van der Waals surface area contributed by atoms with Crippen molar-refractivity contribution in [1.29, 1.82) is 0 Å². The van der Waals surface area contributed by atoms with Gasteiger partial charge in [0.15, 0.2) is 0 Å². The number of aliphatic hydroxyl groups is 3. The van der Waals surface area contributed by atoms with Gasteiger partial charge in [0.25, 0.3) is 5.69 Å². The summed E-state index contributed by atoms with van der Waals surface area (Å²) in [7, 11) is 0. The predicted molar refractivity (Wildman–Crippen MR) is 60.6 cm³/mol. The van der Waals surface area contributed by atoms with Crippen LogP contribution in [0.2, 0.25) is 0 Å². The van der Waals surface area contributed by atoms with Crippen molar-refractivity contribution in [2.24, 2.45) is 0 Å². The smallest absolute Gasteiger partial charge is 0.275 e. The number of nitro groups is 1. The molecular weight excluding hydrogens is 226 g/mol. The van der Waals surface area contributed by atoms with Crippen LogP contribution >= 0.6 is 0 Å². The number of aliphatic hydroxyl groups excluding tert-OH is 3. The predicted octanol–water partition coefficient (Wildman–Crippen LogP) is 0.598. The average molecular weight is 241 g/mol. The Morgan fingerprint density at radius 2 is 1.94 bits per heavy atom. The van der Waals surface area contributed by atoms with Crippen molar-refractivity contribution in [3.63, 3.8) is 0 Å². The standard InChI is InChI=1S/C11H15NO5/c1-6-3-7(2)10(8(4-6)12(16)17)11(15)9(14)5-13/h3-4,9,11,13-15H,5H2,1-2H3. The Kier molecular flexibility index (Phi) is 4.17. The van der Waals surface area contributed by atoms with Gasteiger partial charge < -0.3 is 15.3 Å². The Morgan fingerprint density at radius 3 is 2.41 bits per heavy atom. The van der Waals surface area contributed by atoms with Crippen molar-refractivity contribution in [3.8, 4) is 0 Å². The molecule has 1 aromatic carbocycles. The van der Waals surface area contributed by atoms with E-state index in [1.807, 2.05) is 0 Å². The quantitative estimate of drug-likeness (QED) is 0.529. The highest BCUT2D eigenvalue weighted by atomic mass is 16.6. The molecule has 17 heavy (non-hydrogen) atoms. The number of benzene rings is 1. The SMILES string of the molecule is Cc1cc(C)c(C(O)C(O)CO)c([N+](=O)[O-])c1. The molecule has 3 N–H and O–H groups in total. The largest absolute Gasteiger partial charge is 0.394 e. The zero-order valence-corrected chi connectivity index (χ0v) is 9.62. The molecule has 0 heterocycles. The second-order valence-corrected chi connectivity index (χ2v) is 3.97. The van der Waals surface area contributed by atoms with Gasteiger partial charge in [0, 0.05) is 6.07 Å². The van der Waals surface area contributed by atoms with E-state index in [0.29, 0.717) is 11.1 Å². The summed E-state index contributed by atoms with van der Waals surface area (Å²) >= 11 is 0. The molecule has 2 atom stereocenters. The van der Waals surface area contributed by atoms with Crippen LogP contribution in [0.15, 0.2) is 12.1 Å². The molecule has 0 radical (unpaired) electrons. The van der Waals surface area contributed by atoms with E-state index in [-0.39, 0.29) is 11.3 Å². The van der Waals surface area contributed by atoms with Crippen LogP contribution in [0.3, 0.4) is 0 Å². The monoisotopic (exact) mass is 241 g/mol. The van der Waals surface area contributed by atoms with E-state index in [2.05, 4.69) is 0 Å².